The lowest BCUT2D eigenvalue weighted by atomic mass is 10.1. The molecule has 1 saturated carbocycles. The van der Waals surface area contributed by atoms with Crippen LogP contribution in [0.4, 0.5) is 5.69 Å². The average molecular weight is 232 g/mol. The van der Waals surface area contributed by atoms with Gasteiger partial charge in [-0.25, -0.2) is 0 Å². The van der Waals surface area contributed by atoms with E-state index in [0.717, 1.165) is 18.0 Å². The minimum absolute atomic E-state index is 0.0414. The van der Waals surface area contributed by atoms with Gasteiger partial charge in [-0.15, -0.1) is 0 Å². The summed E-state index contributed by atoms with van der Waals surface area (Å²) in [7, 11) is 1.86. The van der Waals surface area contributed by atoms with Gasteiger partial charge in [-0.05, 0) is 36.8 Å². The van der Waals surface area contributed by atoms with Gasteiger partial charge in [0, 0.05) is 19.3 Å². The Balaban J connectivity index is 2.13. The molecule has 0 bridgehead atoms. The van der Waals surface area contributed by atoms with Crippen LogP contribution in [0.2, 0.25) is 0 Å². The lowest BCUT2D eigenvalue weighted by Crippen LogP contribution is -2.30. The van der Waals surface area contributed by atoms with Crippen molar-refractivity contribution in [3.05, 3.63) is 29.3 Å². The zero-order valence-electron chi connectivity index (χ0n) is 10.7. The van der Waals surface area contributed by atoms with E-state index in [9.17, 15) is 4.79 Å². The van der Waals surface area contributed by atoms with Crippen LogP contribution in [-0.2, 0) is 0 Å². The second kappa shape index (κ2) is 4.40. The molecule has 0 aliphatic heterocycles. The lowest BCUT2D eigenvalue weighted by molar-refractivity contribution is 0.0787. The molecule has 1 fully saturated rings. The van der Waals surface area contributed by atoms with E-state index in [1.165, 1.54) is 6.42 Å². The fourth-order valence-electron chi connectivity index (χ4n) is 2.26. The van der Waals surface area contributed by atoms with Crippen molar-refractivity contribution in [3.63, 3.8) is 0 Å². The third kappa shape index (κ3) is 2.43. The number of anilines is 1. The Morgan fingerprint density at radius 2 is 2.18 bits per heavy atom. The molecule has 0 aromatic heterocycles. The number of rotatable bonds is 3. The Morgan fingerprint density at radius 3 is 2.71 bits per heavy atom. The zero-order valence-corrected chi connectivity index (χ0v) is 10.7. The maximum Gasteiger partial charge on any atom is 0.255 e. The van der Waals surface area contributed by atoms with E-state index in [0.29, 0.717) is 17.2 Å². The fraction of sp³-hybridized carbons (Fsp3) is 0.500. The van der Waals surface area contributed by atoms with E-state index in [-0.39, 0.29) is 5.91 Å². The molecular weight excluding hydrogens is 212 g/mol. The normalized spacial score (nSPS) is 22.3. The predicted molar refractivity (Wildman–Crippen MR) is 69.8 cm³/mol. The van der Waals surface area contributed by atoms with Gasteiger partial charge >= 0.3 is 0 Å². The van der Waals surface area contributed by atoms with Crippen LogP contribution < -0.4 is 5.73 Å². The van der Waals surface area contributed by atoms with Gasteiger partial charge < -0.3 is 10.6 Å². The summed E-state index contributed by atoms with van der Waals surface area (Å²) < 4.78 is 0. The second-order valence-electron chi connectivity index (χ2n) is 5.20. The Labute approximate surface area is 103 Å². The number of benzene rings is 1. The van der Waals surface area contributed by atoms with Gasteiger partial charge in [0.1, 0.15) is 0 Å². The average Bonchev–Trinajstić information content (AvgIpc) is 2.93. The quantitative estimate of drug-likeness (QED) is 0.813. The Bertz CT molecular complexity index is 422. The smallest absolute Gasteiger partial charge is 0.255 e. The summed E-state index contributed by atoms with van der Waals surface area (Å²) >= 11 is 0. The highest BCUT2D eigenvalue weighted by atomic mass is 16.2. The van der Waals surface area contributed by atoms with Crippen LogP contribution in [0.15, 0.2) is 18.2 Å². The summed E-state index contributed by atoms with van der Waals surface area (Å²) in [5.74, 6) is 1.48. The van der Waals surface area contributed by atoms with Gasteiger partial charge in [0.05, 0.1) is 5.56 Å². The highest BCUT2D eigenvalue weighted by Gasteiger charge is 2.34. The highest BCUT2D eigenvalue weighted by Crippen LogP contribution is 2.38. The summed E-state index contributed by atoms with van der Waals surface area (Å²) in [6, 6.07) is 5.59. The number of aryl methyl sites for hydroxylation is 1. The van der Waals surface area contributed by atoms with Crippen LogP contribution in [0.25, 0.3) is 0 Å². The van der Waals surface area contributed by atoms with Gasteiger partial charge in [-0.2, -0.15) is 0 Å². The van der Waals surface area contributed by atoms with E-state index in [1.54, 1.807) is 11.0 Å². The SMILES string of the molecule is Cc1cccc(N)c1C(=O)N(C)CC1CC1C. The molecule has 0 heterocycles. The molecule has 2 N–H and O–H groups in total. The van der Waals surface area contributed by atoms with Gasteiger partial charge in [0.2, 0.25) is 0 Å². The molecule has 3 nitrogen and oxygen atoms in total. The third-order valence-corrected chi connectivity index (χ3v) is 3.65. The topological polar surface area (TPSA) is 46.3 Å². The molecule has 1 aliphatic carbocycles. The van der Waals surface area contributed by atoms with Gasteiger partial charge in [0.25, 0.3) is 5.91 Å². The summed E-state index contributed by atoms with van der Waals surface area (Å²) in [6.07, 6.45) is 1.24. The molecule has 2 unspecified atom stereocenters. The van der Waals surface area contributed by atoms with Crippen LogP contribution in [-0.4, -0.2) is 24.4 Å². The minimum atomic E-state index is 0.0414. The Kier molecular flexibility index (Phi) is 3.09. The summed E-state index contributed by atoms with van der Waals surface area (Å²) in [6.45, 7) is 5.00. The predicted octanol–water partition coefficient (Wildman–Crippen LogP) is 2.31. The van der Waals surface area contributed by atoms with E-state index in [1.807, 2.05) is 26.1 Å². The molecule has 0 radical (unpaired) electrons. The molecule has 2 rings (SSSR count). The first-order valence-electron chi connectivity index (χ1n) is 6.11. The van der Waals surface area contributed by atoms with Crippen molar-refractivity contribution >= 4 is 11.6 Å². The standard InChI is InChI=1S/C14H20N2O/c1-9-5-4-6-12(15)13(9)14(17)16(3)8-11-7-10(11)2/h4-6,10-11H,7-8,15H2,1-3H3. The van der Waals surface area contributed by atoms with Gasteiger partial charge in [-0.3, -0.25) is 4.79 Å². The maximum atomic E-state index is 12.3. The Hall–Kier alpha value is -1.51. The number of nitrogen functional groups attached to an aromatic ring is 1. The molecule has 0 spiro atoms. The largest absolute Gasteiger partial charge is 0.398 e. The first-order valence-corrected chi connectivity index (χ1v) is 6.11. The van der Waals surface area contributed by atoms with Crippen LogP contribution in [0.1, 0.15) is 29.3 Å². The number of carbonyl (C=O) groups is 1. The third-order valence-electron chi connectivity index (χ3n) is 3.65. The minimum Gasteiger partial charge on any atom is -0.398 e. The van der Waals surface area contributed by atoms with Crippen molar-refractivity contribution in [3.8, 4) is 0 Å². The molecule has 1 amide bonds. The first kappa shape index (κ1) is 12.0. The number of nitrogens with two attached hydrogens (primary N) is 1. The monoisotopic (exact) mass is 232 g/mol. The van der Waals surface area contributed by atoms with E-state index >= 15 is 0 Å². The van der Waals surface area contributed by atoms with Crippen molar-refractivity contribution in [2.45, 2.75) is 20.3 Å². The summed E-state index contributed by atoms with van der Waals surface area (Å²) in [5.41, 5.74) is 8.07. The molecule has 3 heteroatoms. The summed E-state index contributed by atoms with van der Waals surface area (Å²) in [4.78, 5) is 14.1. The number of hydrogen-bond acceptors (Lipinski definition) is 2. The highest BCUT2D eigenvalue weighted by molar-refractivity contribution is 6.00. The fourth-order valence-corrected chi connectivity index (χ4v) is 2.26. The van der Waals surface area contributed by atoms with Crippen molar-refractivity contribution in [1.29, 1.82) is 0 Å². The molecule has 1 aromatic carbocycles. The molecular formula is C14H20N2O. The molecule has 0 saturated heterocycles. The maximum absolute atomic E-state index is 12.3. The Morgan fingerprint density at radius 1 is 1.53 bits per heavy atom. The van der Waals surface area contributed by atoms with Crippen molar-refractivity contribution in [2.24, 2.45) is 11.8 Å². The van der Waals surface area contributed by atoms with Gasteiger partial charge in [0.15, 0.2) is 0 Å². The van der Waals surface area contributed by atoms with Crippen molar-refractivity contribution in [2.75, 3.05) is 19.3 Å². The zero-order chi connectivity index (χ0) is 12.6. The van der Waals surface area contributed by atoms with Gasteiger partial charge in [-0.1, -0.05) is 19.1 Å². The van der Waals surface area contributed by atoms with Crippen LogP contribution in [0.3, 0.4) is 0 Å². The van der Waals surface area contributed by atoms with E-state index < -0.39 is 0 Å². The van der Waals surface area contributed by atoms with Crippen LogP contribution in [0, 0.1) is 18.8 Å². The van der Waals surface area contributed by atoms with E-state index in [2.05, 4.69) is 6.92 Å². The molecule has 17 heavy (non-hydrogen) atoms. The van der Waals surface area contributed by atoms with Crippen LogP contribution >= 0.6 is 0 Å². The number of nitrogens with zero attached hydrogens (tertiary/aromatic N) is 1. The molecule has 2 atom stereocenters. The first-order chi connectivity index (χ1) is 8.00. The molecule has 92 valence electrons. The molecule has 1 aromatic rings. The summed E-state index contributed by atoms with van der Waals surface area (Å²) in [5, 5.41) is 0. The van der Waals surface area contributed by atoms with Crippen molar-refractivity contribution in [1.82, 2.24) is 4.90 Å². The lowest BCUT2D eigenvalue weighted by Gasteiger charge is -2.19. The number of carbonyl (C=O) groups excluding carboxylic acids is 1. The van der Waals surface area contributed by atoms with Crippen LogP contribution in [0.5, 0.6) is 0 Å². The molecule has 1 aliphatic rings. The van der Waals surface area contributed by atoms with Crippen molar-refractivity contribution < 1.29 is 4.79 Å². The van der Waals surface area contributed by atoms with E-state index in [4.69, 9.17) is 5.73 Å². The number of amides is 1. The second-order valence-corrected chi connectivity index (χ2v) is 5.20. The number of hydrogen-bond donors (Lipinski definition) is 1.